The van der Waals surface area contributed by atoms with Crippen LogP contribution in [0.5, 0.6) is 0 Å². The van der Waals surface area contributed by atoms with Crippen LogP contribution in [0.2, 0.25) is 0 Å². The standard InChI is InChI=1S/C15H21N2O5PS/c18-14-12-6-2-3-7-13(12)15(19)17(14)10-5-1-4-8-16-9-11-24-23(20,21)22/h2-3,6-7,16H,1,4-5,8-11H2,(H2,20,21,22). The predicted octanol–water partition coefficient (Wildman–Crippen LogP) is 1.87. The lowest BCUT2D eigenvalue weighted by molar-refractivity contribution is 0.0651. The zero-order valence-electron chi connectivity index (χ0n) is 13.2. The normalized spacial score (nSPS) is 14.3. The Balaban J connectivity index is 1.58. The van der Waals surface area contributed by atoms with Crippen molar-refractivity contribution in [3.05, 3.63) is 35.4 Å². The van der Waals surface area contributed by atoms with Crippen LogP contribution in [0.4, 0.5) is 0 Å². The third kappa shape index (κ3) is 5.43. The molecule has 0 atom stereocenters. The number of hydrogen-bond acceptors (Lipinski definition) is 5. The van der Waals surface area contributed by atoms with Gasteiger partial charge in [0, 0.05) is 18.8 Å². The lowest BCUT2D eigenvalue weighted by Crippen LogP contribution is -2.30. The minimum atomic E-state index is -3.97. The summed E-state index contributed by atoms with van der Waals surface area (Å²) in [6, 6.07) is 6.86. The van der Waals surface area contributed by atoms with Crippen LogP contribution in [0.3, 0.4) is 0 Å². The van der Waals surface area contributed by atoms with E-state index in [1.54, 1.807) is 24.3 Å². The molecule has 1 aromatic carbocycles. The number of nitrogens with one attached hydrogen (secondary N) is 1. The molecule has 2 rings (SSSR count). The summed E-state index contributed by atoms with van der Waals surface area (Å²) in [6.45, 7) is -2.28. The van der Waals surface area contributed by atoms with E-state index in [1.807, 2.05) is 0 Å². The molecule has 2 amide bonds. The van der Waals surface area contributed by atoms with Gasteiger partial charge in [-0.05, 0) is 42.9 Å². The van der Waals surface area contributed by atoms with Gasteiger partial charge in [-0.15, -0.1) is 0 Å². The Labute approximate surface area is 144 Å². The van der Waals surface area contributed by atoms with Gasteiger partial charge in [-0.25, -0.2) is 4.57 Å². The second-order valence-corrected chi connectivity index (χ2v) is 9.29. The molecular formula is C15H21N2O5PS. The molecule has 0 saturated carbocycles. The average Bonchev–Trinajstić information content (AvgIpc) is 2.77. The number of carbonyl (C=O) groups excluding carboxylic acids is 2. The summed E-state index contributed by atoms with van der Waals surface area (Å²) in [5, 5.41) is 3.11. The van der Waals surface area contributed by atoms with Gasteiger partial charge in [0.2, 0.25) is 0 Å². The molecule has 9 heteroatoms. The Hall–Kier alpha value is -1.18. The second kappa shape index (κ2) is 8.78. The fraction of sp³-hybridized carbons (Fsp3) is 0.467. The zero-order valence-corrected chi connectivity index (χ0v) is 14.9. The number of imide groups is 1. The monoisotopic (exact) mass is 372 g/mol. The van der Waals surface area contributed by atoms with Crippen molar-refractivity contribution in [2.24, 2.45) is 0 Å². The van der Waals surface area contributed by atoms with Gasteiger partial charge in [-0.2, -0.15) is 0 Å². The number of amides is 2. The van der Waals surface area contributed by atoms with Gasteiger partial charge in [-0.1, -0.05) is 18.6 Å². The molecule has 0 bridgehead atoms. The summed E-state index contributed by atoms with van der Waals surface area (Å²) in [4.78, 5) is 43.0. The molecule has 132 valence electrons. The number of unbranched alkanes of at least 4 members (excludes halogenated alkanes) is 2. The van der Waals surface area contributed by atoms with Crippen LogP contribution in [0.25, 0.3) is 0 Å². The van der Waals surface area contributed by atoms with Crippen LogP contribution in [0, 0.1) is 0 Å². The van der Waals surface area contributed by atoms with E-state index in [4.69, 9.17) is 9.79 Å². The van der Waals surface area contributed by atoms with Gasteiger partial charge in [0.05, 0.1) is 11.1 Å². The van der Waals surface area contributed by atoms with Crippen LogP contribution in [0.1, 0.15) is 40.0 Å². The van der Waals surface area contributed by atoms with Gasteiger partial charge in [-0.3, -0.25) is 14.5 Å². The SMILES string of the molecule is O=C1c2ccccc2C(=O)N1CCCCCNCCSP(=O)(O)O. The van der Waals surface area contributed by atoms with Crippen molar-refractivity contribution in [1.29, 1.82) is 0 Å². The molecule has 0 aromatic heterocycles. The summed E-state index contributed by atoms with van der Waals surface area (Å²) < 4.78 is 10.6. The highest BCUT2D eigenvalue weighted by Crippen LogP contribution is 2.49. The number of carbonyl (C=O) groups is 2. The van der Waals surface area contributed by atoms with Crippen LogP contribution >= 0.6 is 18.2 Å². The van der Waals surface area contributed by atoms with Gasteiger partial charge >= 0.3 is 6.80 Å². The summed E-state index contributed by atoms with van der Waals surface area (Å²) >= 11 is 0.636. The number of fused-ring (bicyclic) bond motifs is 1. The van der Waals surface area contributed by atoms with Gasteiger partial charge in [0.1, 0.15) is 0 Å². The van der Waals surface area contributed by atoms with E-state index in [-0.39, 0.29) is 11.8 Å². The quantitative estimate of drug-likeness (QED) is 0.327. The number of rotatable bonds is 10. The summed E-state index contributed by atoms with van der Waals surface area (Å²) in [5.74, 6) is -0.0781. The maximum absolute atomic E-state index is 12.2. The van der Waals surface area contributed by atoms with Crippen molar-refractivity contribution < 1.29 is 23.9 Å². The van der Waals surface area contributed by atoms with Crippen molar-refractivity contribution in [2.45, 2.75) is 19.3 Å². The molecule has 0 spiro atoms. The molecule has 0 saturated heterocycles. The molecule has 7 nitrogen and oxygen atoms in total. The summed E-state index contributed by atoms with van der Waals surface area (Å²) in [5.41, 5.74) is 0.957. The molecule has 0 radical (unpaired) electrons. The molecule has 1 aromatic rings. The Morgan fingerprint density at radius 3 is 2.21 bits per heavy atom. The molecular weight excluding hydrogens is 351 g/mol. The molecule has 1 aliphatic rings. The van der Waals surface area contributed by atoms with Crippen molar-refractivity contribution in [3.8, 4) is 0 Å². The Morgan fingerprint density at radius 1 is 1.00 bits per heavy atom. The first kappa shape index (κ1) is 19.1. The van der Waals surface area contributed by atoms with Gasteiger partial charge in [0.25, 0.3) is 11.8 Å². The number of hydrogen-bond donors (Lipinski definition) is 3. The Kier molecular flexibility index (Phi) is 7.01. The number of nitrogens with zero attached hydrogens (tertiary/aromatic N) is 1. The maximum Gasteiger partial charge on any atom is 0.384 e. The molecule has 0 unspecified atom stereocenters. The van der Waals surface area contributed by atoms with E-state index >= 15 is 0 Å². The van der Waals surface area contributed by atoms with Crippen molar-refractivity contribution in [1.82, 2.24) is 10.2 Å². The highest BCUT2D eigenvalue weighted by atomic mass is 32.7. The lowest BCUT2D eigenvalue weighted by Gasteiger charge is -2.13. The Morgan fingerprint density at radius 2 is 1.62 bits per heavy atom. The van der Waals surface area contributed by atoms with Crippen molar-refractivity contribution in [2.75, 3.05) is 25.4 Å². The van der Waals surface area contributed by atoms with Gasteiger partial charge < -0.3 is 15.1 Å². The van der Waals surface area contributed by atoms with E-state index in [9.17, 15) is 14.2 Å². The molecule has 3 N–H and O–H groups in total. The topological polar surface area (TPSA) is 107 Å². The first-order valence-corrected chi connectivity index (χ1v) is 11.0. The summed E-state index contributed by atoms with van der Waals surface area (Å²) in [7, 11) is 0. The largest absolute Gasteiger partial charge is 0.384 e. The highest BCUT2D eigenvalue weighted by molar-refractivity contribution is 8.54. The molecule has 24 heavy (non-hydrogen) atoms. The van der Waals surface area contributed by atoms with Crippen molar-refractivity contribution in [3.63, 3.8) is 0 Å². The minimum absolute atomic E-state index is 0.219. The van der Waals surface area contributed by atoms with Crippen LogP contribution in [-0.4, -0.2) is 51.9 Å². The van der Waals surface area contributed by atoms with Gasteiger partial charge in [0.15, 0.2) is 0 Å². The molecule has 1 heterocycles. The summed E-state index contributed by atoms with van der Waals surface area (Å²) in [6.07, 6.45) is 2.49. The van der Waals surface area contributed by atoms with Crippen LogP contribution < -0.4 is 5.32 Å². The second-order valence-electron chi connectivity index (χ2n) is 5.44. The highest BCUT2D eigenvalue weighted by Gasteiger charge is 2.34. The fourth-order valence-corrected chi connectivity index (χ4v) is 3.96. The third-order valence-corrected chi connectivity index (χ3v) is 5.93. The maximum atomic E-state index is 12.2. The fourth-order valence-electron chi connectivity index (χ4n) is 2.50. The zero-order chi connectivity index (χ0) is 17.6. The van der Waals surface area contributed by atoms with E-state index in [0.29, 0.717) is 41.4 Å². The van der Waals surface area contributed by atoms with E-state index in [0.717, 1.165) is 25.8 Å². The van der Waals surface area contributed by atoms with E-state index in [1.165, 1.54) is 4.90 Å². The van der Waals surface area contributed by atoms with Crippen molar-refractivity contribution >= 4 is 30.0 Å². The number of benzene rings is 1. The van der Waals surface area contributed by atoms with E-state index in [2.05, 4.69) is 5.32 Å². The smallest absolute Gasteiger partial charge is 0.317 e. The third-order valence-electron chi connectivity index (χ3n) is 3.65. The molecule has 0 aliphatic carbocycles. The predicted molar refractivity (Wildman–Crippen MR) is 93.0 cm³/mol. The molecule has 1 aliphatic heterocycles. The van der Waals surface area contributed by atoms with Crippen LogP contribution in [-0.2, 0) is 4.57 Å². The Bertz CT molecular complexity index is 614. The van der Waals surface area contributed by atoms with E-state index < -0.39 is 6.80 Å². The van der Waals surface area contributed by atoms with Crippen LogP contribution in [0.15, 0.2) is 24.3 Å². The first-order valence-electron chi connectivity index (χ1n) is 7.76. The average molecular weight is 372 g/mol. The first-order chi connectivity index (χ1) is 11.4. The molecule has 0 fully saturated rings. The lowest BCUT2D eigenvalue weighted by atomic mass is 10.1. The minimum Gasteiger partial charge on any atom is -0.317 e.